The van der Waals surface area contributed by atoms with Crippen LogP contribution in [0.2, 0.25) is 0 Å². The van der Waals surface area contributed by atoms with Crippen LogP contribution in [-0.2, 0) is 4.74 Å². The zero-order chi connectivity index (χ0) is 11.5. The summed E-state index contributed by atoms with van der Waals surface area (Å²) in [7, 11) is 2.07. The summed E-state index contributed by atoms with van der Waals surface area (Å²) in [5.41, 5.74) is -0.412. The predicted octanol–water partition coefficient (Wildman–Crippen LogP) is 1.61. The molecule has 0 aromatic heterocycles. The van der Waals surface area contributed by atoms with E-state index >= 15 is 0 Å². The molecule has 0 aliphatic carbocycles. The lowest BCUT2D eigenvalue weighted by molar-refractivity contribution is 0.0479. The van der Waals surface area contributed by atoms with Crippen LogP contribution in [0.3, 0.4) is 0 Å². The van der Waals surface area contributed by atoms with E-state index in [0.717, 1.165) is 25.9 Å². The Hall–Kier alpha value is -0.770. The number of piperidine rings is 1. The largest absolute Gasteiger partial charge is 0.444 e. The average molecular weight is 214 g/mol. The summed E-state index contributed by atoms with van der Waals surface area (Å²) in [6, 6.07) is 0.235. The van der Waals surface area contributed by atoms with E-state index in [-0.39, 0.29) is 12.1 Å². The van der Waals surface area contributed by atoms with Crippen LogP contribution in [0.15, 0.2) is 0 Å². The van der Waals surface area contributed by atoms with Crippen LogP contribution < -0.4 is 5.32 Å². The second-order valence-corrected chi connectivity index (χ2v) is 5.25. The summed E-state index contributed by atoms with van der Waals surface area (Å²) in [5, 5.41) is 2.90. The molecular formula is C11H22N2O2. The number of nitrogens with zero attached hydrogens (tertiary/aromatic N) is 1. The lowest BCUT2D eigenvalue weighted by atomic mass is 10.1. The highest BCUT2D eigenvalue weighted by Crippen LogP contribution is 2.10. The molecule has 0 unspecified atom stereocenters. The lowest BCUT2D eigenvalue weighted by Crippen LogP contribution is -2.47. The molecular weight excluding hydrogens is 192 g/mol. The van der Waals surface area contributed by atoms with Gasteiger partial charge in [0.05, 0.1) is 0 Å². The van der Waals surface area contributed by atoms with E-state index < -0.39 is 5.60 Å². The zero-order valence-electron chi connectivity index (χ0n) is 10.2. The standard InChI is InChI=1S/C11H22N2O2/c1-11(2,3)15-10(14)12-9-6-5-7-13(4)8-9/h9H,5-8H2,1-4H3,(H,12,14)/t9-/m0/s1. The van der Waals surface area contributed by atoms with Crippen LogP contribution in [0.1, 0.15) is 33.6 Å². The molecule has 0 spiro atoms. The van der Waals surface area contributed by atoms with Gasteiger partial charge in [-0.25, -0.2) is 4.79 Å². The number of carbonyl (C=O) groups excluding carboxylic acids is 1. The predicted molar refractivity (Wildman–Crippen MR) is 59.9 cm³/mol. The molecule has 1 atom stereocenters. The topological polar surface area (TPSA) is 41.6 Å². The summed E-state index contributed by atoms with van der Waals surface area (Å²) < 4.78 is 5.21. The second kappa shape index (κ2) is 4.84. The molecule has 1 rings (SSSR count). The Morgan fingerprint density at radius 1 is 1.47 bits per heavy atom. The van der Waals surface area contributed by atoms with Crippen molar-refractivity contribution < 1.29 is 9.53 Å². The summed E-state index contributed by atoms with van der Waals surface area (Å²) >= 11 is 0. The average Bonchev–Trinajstić information content (AvgIpc) is 1.99. The summed E-state index contributed by atoms with van der Waals surface area (Å²) in [6.45, 7) is 7.66. The van der Waals surface area contributed by atoms with Crippen molar-refractivity contribution in [1.82, 2.24) is 10.2 Å². The zero-order valence-corrected chi connectivity index (χ0v) is 10.2. The van der Waals surface area contributed by atoms with Crippen molar-refractivity contribution in [2.75, 3.05) is 20.1 Å². The molecule has 1 fully saturated rings. The Labute approximate surface area is 92.0 Å². The monoisotopic (exact) mass is 214 g/mol. The number of amides is 1. The molecule has 1 aliphatic heterocycles. The fraction of sp³-hybridized carbons (Fsp3) is 0.909. The minimum Gasteiger partial charge on any atom is -0.444 e. The van der Waals surface area contributed by atoms with Gasteiger partial charge in [0.1, 0.15) is 5.60 Å². The van der Waals surface area contributed by atoms with Gasteiger partial charge in [-0.1, -0.05) is 0 Å². The molecule has 15 heavy (non-hydrogen) atoms. The molecule has 1 saturated heterocycles. The van der Waals surface area contributed by atoms with Gasteiger partial charge in [0.25, 0.3) is 0 Å². The van der Waals surface area contributed by atoms with Crippen molar-refractivity contribution in [1.29, 1.82) is 0 Å². The molecule has 0 bridgehead atoms. The molecule has 1 heterocycles. The van der Waals surface area contributed by atoms with Gasteiger partial charge < -0.3 is 15.0 Å². The fourth-order valence-electron chi connectivity index (χ4n) is 1.76. The first-order valence-corrected chi connectivity index (χ1v) is 5.55. The van der Waals surface area contributed by atoms with E-state index in [1.165, 1.54) is 0 Å². The number of likely N-dealkylation sites (tertiary alicyclic amines) is 1. The number of hydrogen-bond donors (Lipinski definition) is 1. The molecule has 1 N–H and O–H groups in total. The van der Waals surface area contributed by atoms with E-state index in [4.69, 9.17) is 4.74 Å². The Morgan fingerprint density at radius 2 is 2.13 bits per heavy atom. The minimum absolute atomic E-state index is 0.235. The molecule has 88 valence electrons. The van der Waals surface area contributed by atoms with Crippen molar-refractivity contribution in [2.24, 2.45) is 0 Å². The van der Waals surface area contributed by atoms with Gasteiger partial charge in [-0.15, -0.1) is 0 Å². The Kier molecular flexibility index (Phi) is 3.97. The number of hydrogen-bond acceptors (Lipinski definition) is 3. The Morgan fingerprint density at radius 3 is 2.67 bits per heavy atom. The number of carbonyl (C=O) groups is 1. The van der Waals surface area contributed by atoms with E-state index in [1.807, 2.05) is 20.8 Å². The third-order valence-corrected chi connectivity index (χ3v) is 2.35. The van der Waals surface area contributed by atoms with Gasteiger partial charge in [-0.05, 0) is 47.2 Å². The first-order valence-electron chi connectivity index (χ1n) is 5.55. The Bertz CT molecular complexity index is 223. The third kappa shape index (κ3) is 5.02. The van der Waals surface area contributed by atoms with Gasteiger partial charge in [-0.3, -0.25) is 0 Å². The Balaban J connectivity index is 2.31. The van der Waals surface area contributed by atoms with Gasteiger partial charge in [0.2, 0.25) is 0 Å². The van der Waals surface area contributed by atoms with Gasteiger partial charge in [-0.2, -0.15) is 0 Å². The van der Waals surface area contributed by atoms with Crippen molar-refractivity contribution in [2.45, 2.75) is 45.3 Å². The van der Waals surface area contributed by atoms with E-state index in [9.17, 15) is 4.79 Å². The van der Waals surface area contributed by atoms with Gasteiger partial charge in [0, 0.05) is 12.6 Å². The summed E-state index contributed by atoms with van der Waals surface area (Å²) in [5.74, 6) is 0. The molecule has 4 nitrogen and oxygen atoms in total. The van der Waals surface area contributed by atoms with E-state index in [2.05, 4.69) is 17.3 Å². The number of nitrogens with one attached hydrogen (secondary N) is 1. The maximum Gasteiger partial charge on any atom is 0.407 e. The maximum atomic E-state index is 11.5. The quantitative estimate of drug-likeness (QED) is 0.721. The minimum atomic E-state index is -0.412. The van der Waals surface area contributed by atoms with E-state index in [1.54, 1.807) is 0 Å². The normalized spacial score (nSPS) is 23.6. The molecule has 0 saturated carbocycles. The highest BCUT2D eigenvalue weighted by atomic mass is 16.6. The van der Waals surface area contributed by atoms with Crippen molar-refractivity contribution >= 4 is 6.09 Å². The number of likely N-dealkylation sites (N-methyl/N-ethyl adjacent to an activating group) is 1. The van der Waals surface area contributed by atoms with Crippen molar-refractivity contribution in [3.8, 4) is 0 Å². The van der Waals surface area contributed by atoms with Crippen LogP contribution in [0.4, 0.5) is 4.79 Å². The summed E-state index contributed by atoms with van der Waals surface area (Å²) in [4.78, 5) is 13.7. The smallest absolute Gasteiger partial charge is 0.407 e. The molecule has 0 radical (unpaired) electrons. The molecule has 0 aromatic carbocycles. The number of alkyl carbamates (subject to hydrolysis) is 1. The van der Waals surface area contributed by atoms with Gasteiger partial charge >= 0.3 is 6.09 Å². The molecule has 4 heteroatoms. The third-order valence-electron chi connectivity index (χ3n) is 2.35. The fourth-order valence-corrected chi connectivity index (χ4v) is 1.76. The van der Waals surface area contributed by atoms with Gasteiger partial charge in [0.15, 0.2) is 0 Å². The van der Waals surface area contributed by atoms with Crippen LogP contribution in [0, 0.1) is 0 Å². The number of rotatable bonds is 1. The van der Waals surface area contributed by atoms with Crippen molar-refractivity contribution in [3.63, 3.8) is 0 Å². The lowest BCUT2D eigenvalue weighted by Gasteiger charge is -2.31. The van der Waals surface area contributed by atoms with Crippen LogP contribution >= 0.6 is 0 Å². The SMILES string of the molecule is CN1CCC[C@H](NC(=O)OC(C)(C)C)C1. The molecule has 1 amide bonds. The first-order chi connectivity index (χ1) is 6.87. The maximum absolute atomic E-state index is 11.5. The summed E-state index contributed by atoms with van der Waals surface area (Å²) in [6.07, 6.45) is 1.88. The number of ether oxygens (including phenoxy) is 1. The van der Waals surface area contributed by atoms with E-state index in [0.29, 0.717) is 0 Å². The highest BCUT2D eigenvalue weighted by molar-refractivity contribution is 5.68. The first kappa shape index (κ1) is 12.3. The molecule has 0 aromatic rings. The second-order valence-electron chi connectivity index (χ2n) is 5.25. The van der Waals surface area contributed by atoms with Crippen molar-refractivity contribution in [3.05, 3.63) is 0 Å². The van der Waals surface area contributed by atoms with Crippen LogP contribution in [0.25, 0.3) is 0 Å². The highest BCUT2D eigenvalue weighted by Gasteiger charge is 2.22. The van der Waals surface area contributed by atoms with Crippen LogP contribution in [-0.4, -0.2) is 42.8 Å². The van der Waals surface area contributed by atoms with Crippen LogP contribution in [0.5, 0.6) is 0 Å². The molecule has 1 aliphatic rings.